The molecule has 0 radical (unpaired) electrons. The molecule has 6 aromatic carbocycles. The Balaban J connectivity index is 1.10. The largest absolute Gasteiger partial charge is 0.508 e. The zero-order valence-corrected chi connectivity index (χ0v) is 62.1. The Morgan fingerprint density at radius 3 is 2.04 bits per heavy atom. The first-order chi connectivity index (χ1) is 53.8. The van der Waals surface area contributed by atoms with Crippen LogP contribution >= 0.6 is 23.2 Å². The normalized spacial score (nSPS) is 27.4. The summed E-state index contributed by atoms with van der Waals surface area (Å²) in [6, 6.07) is 6.19. The van der Waals surface area contributed by atoms with Crippen molar-refractivity contribution in [1.29, 1.82) is 0 Å². The van der Waals surface area contributed by atoms with Gasteiger partial charge in [-0.3, -0.25) is 33.6 Å². The van der Waals surface area contributed by atoms with E-state index in [4.69, 9.17) is 73.6 Å². The molecular weight excluding hydrogens is 1520 g/mol. The number of ether oxygens (including phenoxy) is 7. The number of fused-ring (bicyclic) bond motifs is 15. The third-order valence-electron chi connectivity index (χ3n) is 19.9. The van der Waals surface area contributed by atoms with E-state index in [-0.39, 0.29) is 59.8 Å². The van der Waals surface area contributed by atoms with Crippen LogP contribution in [0.4, 0.5) is 0 Å². The second-order valence-corrected chi connectivity index (χ2v) is 28.8. The number of aliphatic hydroxyl groups excluding tert-OH is 6. The van der Waals surface area contributed by atoms with E-state index in [0.717, 1.165) is 72.3 Å². The Hall–Kier alpha value is -10.5. The SMILES string of the molecule is C=CCCOc1cccc(CN[C@@]2(C)C[C@H](O[C@H]3[C@H](Oc4c5cc6cc4Oc4ccc(cc4Cl)[C@@H](O)[C@@H](N)C(=O)N[C@@H](CC(N)=O)C(=O)N[C@H]6C(=O)N[C@H]4C(=O)N[C@H](C(=O)N[C@H](C(=O)N[C@@H](CCCCN)C(=O)O)c6cc(O)cc(O)c6-c6cc4ccc6O)[C@H](O)c4ccc(c(Cl)c4)O5)O[C@H](CO)[C@@H](O)[C@@H]3O)O[C@@H](C)[C@H]2O)c1. The van der Waals surface area contributed by atoms with Crippen molar-refractivity contribution in [1.82, 2.24) is 37.2 Å². The van der Waals surface area contributed by atoms with Gasteiger partial charge in [0.2, 0.25) is 53.4 Å². The van der Waals surface area contributed by atoms with Crippen LogP contribution in [-0.4, -0.2) is 197 Å². The number of nitrogens with one attached hydrogen (secondary N) is 7. The molecule has 35 nitrogen and oxygen atoms in total. The van der Waals surface area contributed by atoms with Crippen LogP contribution in [0, 0.1) is 0 Å². The highest BCUT2D eigenvalue weighted by atomic mass is 35.5. The van der Waals surface area contributed by atoms with Crippen molar-refractivity contribution < 1.29 is 123 Å². The average molecular weight is 1610 g/mol. The molecule has 7 aliphatic rings. The van der Waals surface area contributed by atoms with E-state index in [0.29, 0.717) is 25.2 Å². The number of carbonyl (C=O) groups excluding carboxylic acids is 7. The predicted molar refractivity (Wildman–Crippen MR) is 397 cm³/mol. The number of aliphatic carboxylic acids is 1. The number of phenols is 3. The number of benzene rings is 6. The topological polar surface area (TPSA) is 566 Å². The van der Waals surface area contributed by atoms with Gasteiger partial charge in [0.25, 0.3) is 0 Å². The van der Waals surface area contributed by atoms with Crippen molar-refractivity contribution in [2.24, 2.45) is 17.2 Å². The number of hydrogen-bond donors (Lipinski definition) is 20. The Morgan fingerprint density at radius 1 is 0.735 bits per heavy atom. The van der Waals surface area contributed by atoms with E-state index < -0.39 is 237 Å². The minimum Gasteiger partial charge on any atom is -0.508 e. The van der Waals surface area contributed by atoms with Crippen LogP contribution < -0.4 is 73.4 Å². The molecule has 6 aromatic rings. The maximum atomic E-state index is 16.1. The van der Waals surface area contributed by atoms with Gasteiger partial charge in [-0.15, -0.1) is 6.58 Å². The quantitative estimate of drug-likeness (QED) is 0.0360. The van der Waals surface area contributed by atoms with Gasteiger partial charge in [-0.2, -0.15) is 0 Å². The van der Waals surface area contributed by atoms with Crippen molar-refractivity contribution in [3.63, 3.8) is 0 Å². The molecule has 604 valence electrons. The molecule has 13 rings (SSSR count). The lowest BCUT2D eigenvalue weighted by Crippen LogP contribution is -2.65. The molecule has 18 atom stereocenters. The summed E-state index contributed by atoms with van der Waals surface area (Å²) in [7, 11) is 0. The number of primary amides is 1. The van der Waals surface area contributed by atoms with Gasteiger partial charge in [-0.05, 0) is 146 Å². The average Bonchev–Trinajstić information content (AvgIpc) is 0.766. The van der Waals surface area contributed by atoms with E-state index in [1.165, 1.54) is 12.1 Å². The van der Waals surface area contributed by atoms with Gasteiger partial charge in [0.1, 0.15) is 107 Å². The lowest BCUT2D eigenvalue weighted by Gasteiger charge is -2.48. The standard InChI is InChI=1S/C76H86Cl2N10O25/c1-4-5-19-107-39-10-8-9-33(20-39)30-82-76(3)29-54(108-32(2)67(76)98)112-66-64(97)63(96)52(31-89)111-75(66)113-65-50-24-37-25-51(65)110-49-17-14-36(23-43(49)78)62(95)60-73(104)87-59(72(103)83-44(74(105)106)11-6-7-18-79)41-26-38(90)27-47(92)55(41)40-21-34(12-15-46(40)91)57(70(101)88-60)86-71(102)58(37)85-68(99)45(28-53(80)93)84-69(100)56(81)61(94)35-13-16-48(109-50)42(77)22-35/h4,8-10,12-17,20-27,32,44-45,52,54,56-64,66-67,75,82,89-92,94-98H,1,5-7,11,18-19,28-31,79,81H2,2-3H3,(H2,80,93)(H,83,103)(H,84,100)(H,85,99)(H,86,102)(H,87,104)(H,88,101)(H,105,106)/t32-,44-,45-,52+,54-,56+,57+,58+,59-,60-,61+,62+,63+,64-,66+,67+,75-,76-/m0/s1. The number of aliphatic hydroxyl groups is 6. The molecule has 7 amide bonds. The molecule has 0 aromatic heterocycles. The zero-order valence-electron chi connectivity index (χ0n) is 60.6. The number of phenolic OH excluding ortho intramolecular Hbond substituents is 3. The second kappa shape index (κ2) is 35.7. The first-order valence-corrected chi connectivity index (χ1v) is 36.6. The molecular formula is C76H86Cl2N10O25. The zero-order chi connectivity index (χ0) is 81.6. The fourth-order valence-electron chi connectivity index (χ4n) is 13.8. The lowest BCUT2D eigenvalue weighted by atomic mass is 9.84. The summed E-state index contributed by atoms with van der Waals surface area (Å²) < 4.78 is 45.1. The van der Waals surface area contributed by atoms with Crippen molar-refractivity contribution in [3.8, 4) is 62.9 Å². The fraction of sp³-hybridized carbons (Fsp3) is 0.395. The first kappa shape index (κ1) is 83.5. The van der Waals surface area contributed by atoms with Crippen molar-refractivity contribution in [2.75, 3.05) is 19.8 Å². The number of rotatable bonds is 21. The Kier molecular flexibility index (Phi) is 26.4. The molecule has 2 saturated heterocycles. The van der Waals surface area contributed by atoms with Crippen molar-refractivity contribution in [3.05, 3.63) is 159 Å². The van der Waals surface area contributed by atoms with Crippen molar-refractivity contribution in [2.45, 2.75) is 168 Å². The van der Waals surface area contributed by atoms with E-state index in [1.54, 1.807) is 32.1 Å². The predicted octanol–water partition coefficient (Wildman–Crippen LogP) is 1.71. The van der Waals surface area contributed by atoms with Crippen LogP contribution in [0.2, 0.25) is 10.0 Å². The number of hydrogen-bond acceptors (Lipinski definition) is 27. The van der Waals surface area contributed by atoms with Crippen LogP contribution in [0.1, 0.15) is 116 Å². The van der Waals surface area contributed by atoms with Gasteiger partial charge < -0.3 is 139 Å². The van der Waals surface area contributed by atoms with E-state index >= 15 is 19.2 Å². The number of halogens is 2. The van der Waals surface area contributed by atoms with Crippen LogP contribution in [0.15, 0.2) is 116 Å². The Morgan fingerprint density at radius 2 is 1.39 bits per heavy atom. The summed E-state index contributed by atoms with van der Waals surface area (Å²) in [6.07, 6.45) is -16.1. The molecule has 11 bridgehead atoms. The van der Waals surface area contributed by atoms with E-state index in [2.05, 4.69) is 43.8 Å². The summed E-state index contributed by atoms with van der Waals surface area (Å²) in [6.45, 7) is 6.72. The summed E-state index contributed by atoms with van der Waals surface area (Å²) >= 11 is 14.2. The van der Waals surface area contributed by atoms with Gasteiger partial charge in [-0.1, -0.05) is 59.6 Å². The van der Waals surface area contributed by atoms with Crippen LogP contribution in [0.25, 0.3) is 11.1 Å². The minimum atomic E-state index is -2.34. The molecule has 0 unspecified atom stereocenters. The van der Waals surface area contributed by atoms with Crippen molar-refractivity contribution >= 4 is 70.5 Å². The van der Waals surface area contributed by atoms with Gasteiger partial charge in [-0.25, -0.2) is 4.79 Å². The second-order valence-electron chi connectivity index (χ2n) is 28.0. The van der Waals surface area contributed by atoms with Gasteiger partial charge in [0.15, 0.2) is 23.9 Å². The Labute approximate surface area is 654 Å². The third kappa shape index (κ3) is 18.8. The Bertz CT molecular complexity index is 4620. The lowest BCUT2D eigenvalue weighted by molar-refractivity contribution is -0.334. The molecule has 7 aliphatic heterocycles. The van der Waals surface area contributed by atoms with E-state index in [1.807, 2.05) is 12.1 Å². The maximum absolute atomic E-state index is 16.1. The van der Waals surface area contributed by atoms with Gasteiger partial charge in [0, 0.05) is 35.7 Å². The number of aromatic hydroxyl groups is 3. The maximum Gasteiger partial charge on any atom is 0.326 e. The molecule has 113 heavy (non-hydrogen) atoms. The number of nitrogens with two attached hydrogens (primary N) is 3. The third-order valence-corrected chi connectivity index (χ3v) is 20.5. The highest BCUT2D eigenvalue weighted by Crippen LogP contribution is 2.50. The van der Waals surface area contributed by atoms with Crippen LogP contribution in [0.3, 0.4) is 0 Å². The monoisotopic (exact) mass is 1610 g/mol. The highest BCUT2D eigenvalue weighted by Gasteiger charge is 2.52. The molecule has 23 N–H and O–H groups in total. The molecule has 2 fully saturated rings. The molecule has 7 heterocycles. The molecule has 37 heteroatoms. The first-order valence-electron chi connectivity index (χ1n) is 35.8. The summed E-state index contributed by atoms with van der Waals surface area (Å²) in [5.41, 5.74) is 14.4. The van der Waals surface area contributed by atoms with Crippen LogP contribution in [-0.2, 0) is 59.1 Å². The van der Waals surface area contributed by atoms with Gasteiger partial charge >= 0.3 is 5.97 Å². The number of carbonyl (C=O) groups is 8. The fourth-order valence-corrected chi connectivity index (χ4v) is 14.2. The van der Waals surface area contributed by atoms with Gasteiger partial charge in [0.05, 0.1) is 41.9 Å². The number of carboxylic acid groups (broad SMARTS) is 1. The number of unbranched alkanes of at least 4 members (excludes halogenated alkanes) is 1. The summed E-state index contributed by atoms with van der Waals surface area (Å²) in [5, 5.41) is 133. The highest BCUT2D eigenvalue weighted by molar-refractivity contribution is 6.32. The minimum absolute atomic E-state index is 0.110. The number of amides is 7. The number of carboxylic acids is 1. The smallest absolute Gasteiger partial charge is 0.326 e. The van der Waals surface area contributed by atoms with E-state index in [9.17, 15) is 70.2 Å². The summed E-state index contributed by atoms with van der Waals surface area (Å²) in [4.78, 5) is 117. The van der Waals surface area contributed by atoms with Crippen LogP contribution in [0.5, 0.6) is 51.7 Å². The summed E-state index contributed by atoms with van der Waals surface area (Å²) in [5.74, 6) is -15.4. The molecule has 0 saturated carbocycles. The molecule has 0 spiro atoms. The molecule has 0 aliphatic carbocycles.